The average molecular weight is 179 g/mol. The van der Waals surface area contributed by atoms with Crippen LogP contribution in [0.3, 0.4) is 0 Å². The predicted molar refractivity (Wildman–Crippen MR) is 51.1 cm³/mol. The third kappa shape index (κ3) is 2.14. The fourth-order valence-electron chi connectivity index (χ4n) is 1.22. The van der Waals surface area contributed by atoms with E-state index in [0.29, 0.717) is 0 Å². The molecule has 0 aromatic heterocycles. The molecule has 0 atom stereocenters. The summed E-state index contributed by atoms with van der Waals surface area (Å²) in [6.07, 6.45) is 0. The van der Waals surface area contributed by atoms with Crippen LogP contribution in [-0.2, 0) is 5.41 Å². The molecule has 2 heteroatoms. The second-order valence-corrected chi connectivity index (χ2v) is 4.11. The molecule has 0 aliphatic carbocycles. The van der Waals surface area contributed by atoms with Crippen LogP contribution in [0.5, 0.6) is 11.5 Å². The minimum Gasteiger partial charge on any atom is -0.872 e. The SMILES string of the molecule is COc1ccc([O-])c(C(C)(C)C)c1. The van der Waals surface area contributed by atoms with Crippen LogP contribution in [0.25, 0.3) is 0 Å². The smallest absolute Gasteiger partial charge is 0.119 e. The Kier molecular flexibility index (Phi) is 2.50. The van der Waals surface area contributed by atoms with Crippen molar-refractivity contribution < 1.29 is 9.84 Å². The maximum atomic E-state index is 11.5. The van der Waals surface area contributed by atoms with Gasteiger partial charge in [-0.2, -0.15) is 0 Å². The van der Waals surface area contributed by atoms with Crippen molar-refractivity contribution in [2.24, 2.45) is 0 Å². The second kappa shape index (κ2) is 3.29. The van der Waals surface area contributed by atoms with Crippen LogP contribution in [-0.4, -0.2) is 7.11 Å². The lowest BCUT2D eigenvalue weighted by Crippen LogP contribution is -2.14. The highest BCUT2D eigenvalue weighted by Crippen LogP contribution is 2.31. The Hall–Kier alpha value is -1.18. The number of ether oxygens (including phenoxy) is 1. The van der Waals surface area contributed by atoms with Crippen molar-refractivity contribution in [2.75, 3.05) is 7.11 Å². The average Bonchev–Trinajstić information content (AvgIpc) is 2.03. The van der Waals surface area contributed by atoms with E-state index in [-0.39, 0.29) is 11.2 Å². The topological polar surface area (TPSA) is 32.3 Å². The Labute approximate surface area is 79.2 Å². The third-order valence-electron chi connectivity index (χ3n) is 1.99. The van der Waals surface area contributed by atoms with Crippen molar-refractivity contribution in [2.45, 2.75) is 26.2 Å². The van der Waals surface area contributed by atoms with E-state index in [0.717, 1.165) is 11.3 Å². The van der Waals surface area contributed by atoms with E-state index in [1.807, 2.05) is 26.8 Å². The highest BCUT2D eigenvalue weighted by Gasteiger charge is 2.14. The third-order valence-corrected chi connectivity index (χ3v) is 1.99. The van der Waals surface area contributed by atoms with Gasteiger partial charge in [0.2, 0.25) is 0 Å². The molecule has 0 aliphatic rings. The first-order valence-electron chi connectivity index (χ1n) is 4.30. The van der Waals surface area contributed by atoms with Crippen molar-refractivity contribution in [3.8, 4) is 11.5 Å². The number of benzene rings is 1. The van der Waals surface area contributed by atoms with Crippen molar-refractivity contribution in [1.29, 1.82) is 0 Å². The van der Waals surface area contributed by atoms with Gasteiger partial charge in [-0.05, 0) is 23.1 Å². The lowest BCUT2D eigenvalue weighted by Gasteiger charge is -2.26. The fourth-order valence-corrected chi connectivity index (χ4v) is 1.22. The van der Waals surface area contributed by atoms with Gasteiger partial charge in [-0.3, -0.25) is 0 Å². The molecule has 0 aliphatic heterocycles. The summed E-state index contributed by atoms with van der Waals surface area (Å²) in [6, 6.07) is 5.05. The van der Waals surface area contributed by atoms with E-state index >= 15 is 0 Å². The van der Waals surface area contributed by atoms with Crippen LogP contribution in [0.1, 0.15) is 26.3 Å². The highest BCUT2D eigenvalue weighted by atomic mass is 16.5. The quantitative estimate of drug-likeness (QED) is 0.661. The summed E-state index contributed by atoms with van der Waals surface area (Å²) >= 11 is 0. The maximum Gasteiger partial charge on any atom is 0.119 e. The molecule has 0 radical (unpaired) electrons. The predicted octanol–water partition coefficient (Wildman–Crippen LogP) is 2.07. The molecular weight excluding hydrogens is 164 g/mol. The molecule has 0 fully saturated rings. The van der Waals surface area contributed by atoms with E-state index in [1.54, 1.807) is 19.2 Å². The summed E-state index contributed by atoms with van der Waals surface area (Å²) in [5, 5.41) is 11.5. The van der Waals surface area contributed by atoms with E-state index in [4.69, 9.17) is 4.74 Å². The van der Waals surface area contributed by atoms with E-state index in [1.165, 1.54) is 0 Å². The van der Waals surface area contributed by atoms with Gasteiger partial charge in [0.15, 0.2) is 0 Å². The number of methoxy groups -OCH3 is 1. The van der Waals surface area contributed by atoms with Crippen LogP contribution >= 0.6 is 0 Å². The fraction of sp³-hybridized carbons (Fsp3) is 0.455. The van der Waals surface area contributed by atoms with Gasteiger partial charge in [0.05, 0.1) is 7.11 Å². The first kappa shape index (κ1) is 9.90. The first-order chi connectivity index (χ1) is 5.95. The van der Waals surface area contributed by atoms with Crippen LogP contribution in [0.15, 0.2) is 18.2 Å². The van der Waals surface area contributed by atoms with Crippen LogP contribution in [0, 0.1) is 0 Å². The Morgan fingerprint density at radius 1 is 1.23 bits per heavy atom. The van der Waals surface area contributed by atoms with E-state index in [2.05, 4.69) is 0 Å². The van der Waals surface area contributed by atoms with Crippen LogP contribution in [0.2, 0.25) is 0 Å². The summed E-state index contributed by atoms with van der Waals surface area (Å²) in [4.78, 5) is 0. The molecule has 0 N–H and O–H groups in total. The Bertz CT molecular complexity index is 297. The highest BCUT2D eigenvalue weighted by molar-refractivity contribution is 5.42. The summed E-state index contributed by atoms with van der Waals surface area (Å²) in [6.45, 7) is 6.05. The molecule has 1 aromatic rings. The second-order valence-electron chi connectivity index (χ2n) is 4.11. The van der Waals surface area contributed by atoms with Gasteiger partial charge in [-0.25, -0.2) is 0 Å². The minimum atomic E-state index is -0.119. The zero-order valence-corrected chi connectivity index (χ0v) is 8.55. The maximum absolute atomic E-state index is 11.5. The van der Waals surface area contributed by atoms with Crippen molar-refractivity contribution in [1.82, 2.24) is 0 Å². The van der Waals surface area contributed by atoms with Gasteiger partial charge < -0.3 is 9.84 Å². The van der Waals surface area contributed by atoms with Crippen LogP contribution < -0.4 is 9.84 Å². The summed E-state index contributed by atoms with van der Waals surface area (Å²) in [5.74, 6) is 0.817. The first-order valence-corrected chi connectivity index (χ1v) is 4.30. The van der Waals surface area contributed by atoms with E-state index < -0.39 is 0 Å². The number of rotatable bonds is 1. The molecule has 0 saturated heterocycles. The Morgan fingerprint density at radius 2 is 1.85 bits per heavy atom. The lowest BCUT2D eigenvalue weighted by atomic mass is 9.86. The lowest BCUT2D eigenvalue weighted by molar-refractivity contribution is -0.270. The summed E-state index contributed by atoms with van der Waals surface area (Å²) in [7, 11) is 1.60. The monoisotopic (exact) mass is 179 g/mol. The Balaban J connectivity index is 3.19. The van der Waals surface area contributed by atoms with E-state index in [9.17, 15) is 5.11 Å². The molecule has 0 heterocycles. The minimum absolute atomic E-state index is 0.0771. The molecular formula is C11H15O2-. The molecule has 0 bridgehead atoms. The Morgan fingerprint density at radius 3 is 2.31 bits per heavy atom. The van der Waals surface area contributed by atoms with Gasteiger partial charge in [0, 0.05) is 0 Å². The molecule has 0 saturated carbocycles. The molecule has 13 heavy (non-hydrogen) atoms. The van der Waals surface area contributed by atoms with Crippen molar-refractivity contribution >= 4 is 0 Å². The molecule has 72 valence electrons. The zero-order chi connectivity index (χ0) is 10.1. The van der Waals surface area contributed by atoms with Gasteiger partial charge in [-0.15, -0.1) is 5.75 Å². The van der Waals surface area contributed by atoms with Crippen LogP contribution in [0.4, 0.5) is 0 Å². The number of hydrogen-bond acceptors (Lipinski definition) is 2. The molecule has 1 aromatic carbocycles. The van der Waals surface area contributed by atoms with Crippen molar-refractivity contribution in [3.63, 3.8) is 0 Å². The normalized spacial score (nSPS) is 11.4. The van der Waals surface area contributed by atoms with Gasteiger partial charge in [0.25, 0.3) is 0 Å². The standard InChI is InChI=1S/C11H16O2/c1-11(2,3)9-7-8(13-4)5-6-10(9)12/h5-7,12H,1-4H3/p-1. The molecule has 0 unspecified atom stereocenters. The van der Waals surface area contributed by atoms with Crippen molar-refractivity contribution in [3.05, 3.63) is 23.8 Å². The zero-order valence-electron chi connectivity index (χ0n) is 8.55. The summed E-state index contributed by atoms with van der Waals surface area (Å²) in [5.41, 5.74) is 0.679. The van der Waals surface area contributed by atoms with Gasteiger partial charge in [0.1, 0.15) is 5.75 Å². The van der Waals surface area contributed by atoms with Gasteiger partial charge >= 0.3 is 0 Å². The number of hydrogen-bond donors (Lipinski definition) is 0. The molecule has 0 amide bonds. The summed E-state index contributed by atoms with van der Waals surface area (Å²) < 4.78 is 5.07. The molecule has 1 rings (SSSR count). The molecule has 2 nitrogen and oxygen atoms in total. The van der Waals surface area contributed by atoms with Gasteiger partial charge in [-0.1, -0.05) is 26.8 Å². The molecule has 0 spiro atoms. The largest absolute Gasteiger partial charge is 0.872 e.